The van der Waals surface area contributed by atoms with Gasteiger partial charge in [-0.05, 0) is 0 Å². The molecule has 0 saturated heterocycles. The Hall–Kier alpha value is -0.491. The average molecular weight is 244 g/mol. The molecule has 0 unspecified atom stereocenters. The van der Waals surface area contributed by atoms with E-state index < -0.39 is 0 Å². The van der Waals surface area contributed by atoms with Crippen LogP contribution in [-0.4, -0.2) is 15.0 Å². The van der Waals surface area contributed by atoms with Crippen molar-refractivity contribution in [1.29, 1.82) is 0 Å². The second kappa shape index (κ2) is 4.51. The van der Waals surface area contributed by atoms with Gasteiger partial charge in [-0.1, -0.05) is 0 Å². The van der Waals surface area contributed by atoms with E-state index in [1.807, 2.05) is 18.2 Å². The molecule has 62 valence electrons. The van der Waals surface area contributed by atoms with Crippen molar-refractivity contribution in [3.63, 3.8) is 0 Å². The number of halogens is 1. The number of rotatable bonds is 3. The molecule has 0 aromatic heterocycles. The van der Waals surface area contributed by atoms with Gasteiger partial charge in [0.05, 0.1) is 0 Å². The Bertz CT molecular complexity index is 290. The Balaban J connectivity index is 2.65. The summed E-state index contributed by atoms with van der Waals surface area (Å²) in [5.41, 5.74) is 0. The molecule has 0 heterocycles. The second-order valence-corrected chi connectivity index (χ2v) is 5.15. The van der Waals surface area contributed by atoms with Crippen LogP contribution in [0.3, 0.4) is 0 Å². The third-order valence-electron chi connectivity index (χ3n) is 1.29. The number of hydrogen-bond donors (Lipinski definition) is 0. The van der Waals surface area contributed by atoms with E-state index in [-0.39, 0.29) is 15.0 Å². The van der Waals surface area contributed by atoms with Crippen LogP contribution in [0.1, 0.15) is 0 Å². The van der Waals surface area contributed by atoms with Gasteiger partial charge >= 0.3 is 84.0 Å². The molecule has 0 aliphatic heterocycles. The van der Waals surface area contributed by atoms with E-state index in [1.165, 1.54) is 4.46 Å². The van der Waals surface area contributed by atoms with Crippen LogP contribution in [0.15, 0.2) is 53.0 Å². The van der Waals surface area contributed by atoms with E-state index in [1.54, 1.807) is 0 Å². The van der Waals surface area contributed by atoms with Gasteiger partial charge in [0.1, 0.15) is 0 Å². The van der Waals surface area contributed by atoms with Crippen LogP contribution in [0, 0.1) is 0 Å². The van der Waals surface area contributed by atoms with Crippen LogP contribution >= 0.6 is 11.6 Å². The summed E-state index contributed by atoms with van der Waals surface area (Å²) in [5.74, 6) is 0. The van der Waals surface area contributed by atoms with Gasteiger partial charge in [0, 0.05) is 0 Å². The van der Waals surface area contributed by atoms with E-state index in [9.17, 15) is 0 Å². The fourth-order valence-electron chi connectivity index (χ4n) is 0.686. The average Bonchev–Trinajstić information content (AvgIpc) is 2.06. The minimum atomic E-state index is 0.222. The molecular formula is C10H9ClSe. The Morgan fingerprint density at radius 2 is 1.75 bits per heavy atom. The van der Waals surface area contributed by atoms with Crippen LogP contribution < -0.4 is 4.46 Å². The van der Waals surface area contributed by atoms with Crippen molar-refractivity contribution in [1.82, 2.24) is 0 Å². The molecule has 0 atom stereocenters. The quantitative estimate of drug-likeness (QED) is 0.564. The van der Waals surface area contributed by atoms with Crippen LogP contribution in [0.5, 0.6) is 0 Å². The third kappa shape index (κ3) is 2.86. The Labute approximate surface area is 84.1 Å². The van der Waals surface area contributed by atoms with E-state index in [0.29, 0.717) is 5.03 Å². The molecule has 12 heavy (non-hydrogen) atoms. The van der Waals surface area contributed by atoms with E-state index in [0.717, 1.165) is 4.47 Å². The zero-order valence-corrected chi connectivity index (χ0v) is 9.06. The van der Waals surface area contributed by atoms with Gasteiger partial charge < -0.3 is 0 Å². The van der Waals surface area contributed by atoms with Gasteiger partial charge in [-0.25, -0.2) is 0 Å². The Morgan fingerprint density at radius 3 is 2.25 bits per heavy atom. The van der Waals surface area contributed by atoms with Gasteiger partial charge in [-0.2, -0.15) is 0 Å². The standard InChI is InChI=1S/C10H9ClSe/c1-8(11)9(2)12-10-6-4-3-5-7-10/h3-7H,1-2H2. The minimum absolute atomic E-state index is 0.222. The molecule has 0 amide bonds. The van der Waals surface area contributed by atoms with Crippen molar-refractivity contribution in [3.8, 4) is 0 Å². The summed E-state index contributed by atoms with van der Waals surface area (Å²) in [6, 6.07) is 10.2. The molecule has 0 fully saturated rings. The fraction of sp³-hybridized carbons (Fsp3) is 0. The molecule has 0 bridgehead atoms. The first-order valence-electron chi connectivity index (χ1n) is 3.47. The summed E-state index contributed by atoms with van der Waals surface area (Å²) in [6.07, 6.45) is 0. The summed E-state index contributed by atoms with van der Waals surface area (Å²) >= 11 is 5.92. The number of hydrogen-bond acceptors (Lipinski definition) is 0. The molecule has 0 nitrogen and oxygen atoms in total. The van der Waals surface area contributed by atoms with Crippen LogP contribution in [0.2, 0.25) is 0 Å². The van der Waals surface area contributed by atoms with Crippen molar-refractivity contribution in [2.75, 3.05) is 0 Å². The summed E-state index contributed by atoms with van der Waals surface area (Å²) in [4.78, 5) is 0. The molecular weight excluding hydrogens is 235 g/mol. The van der Waals surface area contributed by atoms with Gasteiger partial charge in [-0.3, -0.25) is 0 Å². The summed E-state index contributed by atoms with van der Waals surface area (Å²) in [5, 5.41) is 0.568. The first-order valence-corrected chi connectivity index (χ1v) is 5.56. The summed E-state index contributed by atoms with van der Waals surface area (Å²) in [7, 11) is 0. The molecule has 0 aliphatic carbocycles. The molecule has 1 rings (SSSR count). The van der Waals surface area contributed by atoms with Gasteiger partial charge in [-0.15, -0.1) is 0 Å². The maximum absolute atomic E-state index is 5.70. The van der Waals surface area contributed by atoms with Crippen molar-refractivity contribution < 1.29 is 0 Å². The zero-order chi connectivity index (χ0) is 8.97. The van der Waals surface area contributed by atoms with Crippen LogP contribution in [0.4, 0.5) is 0 Å². The van der Waals surface area contributed by atoms with Crippen LogP contribution in [0.25, 0.3) is 0 Å². The monoisotopic (exact) mass is 244 g/mol. The molecule has 1 aromatic carbocycles. The molecule has 1 aromatic rings. The topological polar surface area (TPSA) is 0 Å². The fourth-order valence-corrected chi connectivity index (χ4v) is 2.33. The number of allylic oxidation sites excluding steroid dienone is 2. The molecule has 2 heteroatoms. The second-order valence-electron chi connectivity index (χ2n) is 2.24. The molecule has 0 radical (unpaired) electrons. The third-order valence-corrected chi connectivity index (χ3v) is 3.87. The van der Waals surface area contributed by atoms with Gasteiger partial charge in [0.2, 0.25) is 0 Å². The molecule has 0 saturated carbocycles. The first kappa shape index (κ1) is 9.60. The Kier molecular flexibility index (Phi) is 3.61. The molecule has 0 spiro atoms. The summed E-state index contributed by atoms with van der Waals surface area (Å²) < 4.78 is 2.21. The zero-order valence-electron chi connectivity index (χ0n) is 6.59. The van der Waals surface area contributed by atoms with Crippen molar-refractivity contribution in [2.45, 2.75) is 0 Å². The predicted molar refractivity (Wildman–Crippen MR) is 56.0 cm³/mol. The first-order chi connectivity index (χ1) is 5.70. The van der Waals surface area contributed by atoms with Crippen molar-refractivity contribution in [3.05, 3.63) is 53.0 Å². The SMILES string of the molecule is C=C(Cl)C(=C)[Se]c1ccccc1. The molecule has 0 aliphatic rings. The van der Waals surface area contributed by atoms with E-state index in [2.05, 4.69) is 25.3 Å². The van der Waals surface area contributed by atoms with Crippen molar-refractivity contribution >= 4 is 31.0 Å². The van der Waals surface area contributed by atoms with E-state index >= 15 is 0 Å². The van der Waals surface area contributed by atoms with E-state index in [4.69, 9.17) is 11.6 Å². The predicted octanol–water partition coefficient (Wildman–Crippen LogP) is 2.28. The molecule has 0 N–H and O–H groups in total. The number of benzene rings is 1. The summed E-state index contributed by atoms with van der Waals surface area (Å²) in [6.45, 7) is 7.48. The maximum atomic E-state index is 5.70. The van der Waals surface area contributed by atoms with Crippen LogP contribution in [-0.2, 0) is 0 Å². The van der Waals surface area contributed by atoms with Gasteiger partial charge in [0.15, 0.2) is 0 Å². The van der Waals surface area contributed by atoms with Crippen molar-refractivity contribution in [2.24, 2.45) is 0 Å². The normalized spacial score (nSPS) is 9.42. The Morgan fingerprint density at radius 1 is 1.17 bits per heavy atom. The van der Waals surface area contributed by atoms with Gasteiger partial charge in [0.25, 0.3) is 0 Å².